The predicted molar refractivity (Wildman–Crippen MR) is 74.6 cm³/mol. The lowest BCUT2D eigenvalue weighted by molar-refractivity contribution is 0.0931. The van der Waals surface area contributed by atoms with E-state index in [4.69, 9.17) is 5.73 Å². The summed E-state index contributed by atoms with van der Waals surface area (Å²) in [6.07, 6.45) is 5.92. The highest BCUT2D eigenvalue weighted by atomic mass is 32.1. The summed E-state index contributed by atoms with van der Waals surface area (Å²) in [7, 11) is 0. The topological polar surface area (TPSA) is 55.1 Å². The summed E-state index contributed by atoms with van der Waals surface area (Å²) in [5.74, 6) is 5.75. The van der Waals surface area contributed by atoms with Gasteiger partial charge in [-0.15, -0.1) is 11.3 Å². The van der Waals surface area contributed by atoms with Gasteiger partial charge in [-0.3, -0.25) is 4.79 Å². The van der Waals surface area contributed by atoms with Crippen LogP contribution in [-0.4, -0.2) is 18.5 Å². The van der Waals surface area contributed by atoms with Gasteiger partial charge in [0.15, 0.2) is 0 Å². The summed E-state index contributed by atoms with van der Waals surface area (Å²) in [6.45, 7) is 0.319. The van der Waals surface area contributed by atoms with E-state index in [1.807, 2.05) is 11.4 Å². The summed E-state index contributed by atoms with van der Waals surface area (Å²) in [5, 5.41) is 5.01. The zero-order valence-electron chi connectivity index (χ0n) is 10.4. The van der Waals surface area contributed by atoms with Crippen LogP contribution in [0.2, 0.25) is 0 Å². The highest BCUT2D eigenvalue weighted by molar-refractivity contribution is 7.12. The first-order valence-corrected chi connectivity index (χ1v) is 7.26. The maximum Gasteiger partial charge on any atom is 0.262 e. The molecular formula is C14H18N2OS. The summed E-state index contributed by atoms with van der Waals surface area (Å²) in [4.78, 5) is 12.9. The molecule has 3 nitrogen and oxygen atoms in total. The molecule has 0 aliphatic heterocycles. The molecule has 0 atom stereocenters. The van der Waals surface area contributed by atoms with Gasteiger partial charge < -0.3 is 11.1 Å². The lowest BCUT2D eigenvalue weighted by atomic mass is 9.95. The number of rotatable bonds is 2. The highest BCUT2D eigenvalue weighted by Gasteiger charge is 2.18. The van der Waals surface area contributed by atoms with Crippen LogP contribution in [0.5, 0.6) is 0 Å². The van der Waals surface area contributed by atoms with Crippen LogP contribution in [0.4, 0.5) is 0 Å². The average molecular weight is 262 g/mol. The molecule has 4 heteroatoms. The standard InChI is InChI=1S/C14H18N2OS/c15-9-4-5-11-8-10-18-13(11)14(17)16-12-6-2-1-3-7-12/h8,10,12H,1-3,6-7,9,15H2,(H,16,17). The molecule has 18 heavy (non-hydrogen) atoms. The zero-order chi connectivity index (χ0) is 12.8. The van der Waals surface area contributed by atoms with E-state index in [0.717, 1.165) is 18.4 Å². The van der Waals surface area contributed by atoms with Crippen LogP contribution in [-0.2, 0) is 0 Å². The van der Waals surface area contributed by atoms with Crippen molar-refractivity contribution in [3.63, 3.8) is 0 Å². The lowest BCUT2D eigenvalue weighted by Gasteiger charge is -2.22. The average Bonchev–Trinajstić information content (AvgIpc) is 2.86. The zero-order valence-corrected chi connectivity index (χ0v) is 11.2. The number of hydrogen-bond acceptors (Lipinski definition) is 3. The third-order valence-electron chi connectivity index (χ3n) is 3.14. The van der Waals surface area contributed by atoms with Gasteiger partial charge in [-0.2, -0.15) is 0 Å². The second-order valence-electron chi connectivity index (χ2n) is 4.48. The van der Waals surface area contributed by atoms with Crippen LogP contribution in [0.25, 0.3) is 0 Å². The molecule has 1 aromatic heterocycles. The van der Waals surface area contributed by atoms with Crippen molar-refractivity contribution in [2.45, 2.75) is 38.1 Å². The number of carbonyl (C=O) groups is 1. The number of nitrogens with one attached hydrogen (secondary N) is 1. The van der Waals surface area contributed by atoms with E-state index in [2.05, 4.69) is 17.2 Å². The molecule has 1 aliphatic rings. The fraction of sp³-hybridized carbons (Fsp3) is 0.500. The highest BCUT2D eigenvalue weighted by Crippen LogP contribution is 2.20. The van der Waals surface area contributed by atoms with Crippen LogP contribution < -0.4 is 11.1 Å². The Hall–Kier alpha value is -1.31. The Morgan fingerprint density at radius 1 is 1.44 bits per heavy atom. The number of thiophene rings is 1. The number of nitrogens with two attached hydrogens (primary N) is 1. The van der Waals surface area contributed by atoms with E-state index >= 15 is 0 Å². The summed E-state index contributed by atoms with van der Waals surface area (Å²) in [5.41, 5.74) is 6.14. The molecule has 1 aromatic rings. The Morgan fingerprint density at radius 3 is 2.94 bits per heavy atom. The van der Waals surface area contributed by atoms with Crippen molar-refractivity contribution in [2.75, 3.05) is 6.54 Å². The maximum atomic E-state index is 12.2. The fourth-order valence-electron chi connectivity index (χ4n) is 2.23. The Morgan fingerprint density at radius 2 is 2.22 bits per heavy atom. The Balaban J connectivity index is 2.02. The molecule has 1 heterocycles. The molecule has 0 saturated heterocycles. The molecule has 0 unspecified atom stereocenters. The van der Waals surface area contributed by atoms with Crippen molar-refractivity contribution in [1.29, 1.82) is 0 Å². The molecule has 1 amide bonds. The third-order valence-corrected chi connectivity index (χ3v) is 4.05. The molecule has 1 saturated carbocycles. The quantitative estimate of drug-likeness (QED) is 0.802. The van der Waals surface area contributed by atoms with Gasteiger partial charge in [0.1, 0.15) is 4.88 Å². The van der Waals surface area contributed by atoms with Gasteiger partial charge in [0.05, 0.1) is 6.54 Å². The van der Waals surface area contributed by atoms with Crippen molar-refractivity contribution in [3.05, 3.63) is 21.9 Å². The van der Waals surface area contributed by atoms with Gasteiger partial charge >= 0.3 is 0 Å². The van der Waals surface area contributed by atoms with Crippen molar-refractivity contribution < 1.29 is 4.79 Å². The molecule has 96 valence electrons. The van der Waals surface area contributed by atoms with E-state index in [-0.39, 0.29) is 5.91 Å². The van der Waals surface area contributed by atoms with Crippen LogP contribution >= 0.6 is 11.3 Å². The Bertz CT molecular complexity index is 464. The van der Waals surface area contributed by atoms with Crippen molar-refractivity contribution in [1.82, 2.24) is 5.32 Å². The van der Waals surface area contributed by atoms with Crippen molar-refractivity contribution in [3.8, 4) is 11.8 Å². The summed E-state index contributed by atoms with van der Waals surface area (Å²) in [6, 6.07) is 2.21. The van der Waals surface area contributed by atoms with Crippen molar-refractivity contribution in [2.24, 2.45) is 5.73 Å². The molecular weight excluding hydrogens is 244 g/mol. The SMILES string of the molecule is NCC#Cc1ccsc1C(=O)NC1CCCCC1. The molecule has 0 spiro atoms. The second-order valence-corrected chi connectivity index (χ2v) is 5.39. The van der Waals surface area contributed by atoms with Crippen LogP contribution in [0, 0.1) is 11.8 Å². The number of hydrogen-bond donors (Lipinski definition) is 2. The van der Waals surface area contributed by atoms with Crippen LogP contribution in [0.1, 0.15) is 47.3 Å². The van der Waals surface area contributed by atoms with E-state index in [1.54, 1.807) is 0 Å². The van der Waals surface area contributed by atoms with Gasteiger partial charge in [-0.05, 0) is 24.3 Å². The molecule has 0 bridgehead atoms. The van der Waals surface area contributed by atoms with E-state index in [9.17, 15) is 4.79 Å². The molecule has 2 rings (SSSR count). The third kappa shape index (κ3) is 3.34. The number of carbonyl (C=O) groups excluding carboxylic acids is 1. The van der Waals surface area contributed by atoms with Gasteiger partial charge in [0.2, 0.25) is 0 Å². The van der Waals surface area contributed by atoms with E-state index < -0.39 is 0 Å². The molecule has 3 N–H and O–H groups in total. The van der Waals surface area contributed by atoms with Gasteiger partial charge in [0.25, 0.3) is 5.91 Å². The first-order valence-electron chi connectivity index (χ1n) is 6.38. The Kier molecular flexibility index (Phi) is 4.80. The lowest BCUT2D eigenvalue weighted by Crippen LogP contribution is -2.36. The second kappa shape index (κ2) is 6.58. The minimum atomic E-state index is 0.0122. The van der Waals surface area contributed by atoms with Crippen molar-refractivity contribution >= 4 is 17.2 Å². The van der Waals surface area contributed by atoms with Crippen LogP contribution in [0.15, 0.2) is 11.4 Å². The first kappa shape index (κ1) is 13.1. The minimum Gasteiger partial charge on any atom is -0.349 e. The first-order chi connectivity index (χ1) is 8.81. The van der Waals surface area contributed by atoms with Gasteiger partial charge in [0, 0.05) is 11.6 Å². The number of amides is 1. The van der Waals surface area contributed by atoms with E-state index in [0.29, 0.717) is 17.5 Å². The maximum absolute atomic E-state index is 12.2. The fourth-order valence-corrected chi connectivity index (χ4v) is 2.98. The smallest absolute Gasteiger partial charge is 0.262 e. The molecule has 1 fully saturated rings. The van der Waals surface area contributed by atoms with Crippen LogP contribution in [0.3, 0.4) is 0 Å². The monoisotopic (exact) mass is 262 g/mol. The van der Waals surface area contributed by atoms with Gasteiger partial charge in [-0.1, -0.05) is 31.1 Å². The summed E-state index contributed by atoms with van der Waals surface area (Å²) < 4.78 is 0. The minimum absolute atomic E-state index is 0.0122. The normalized spacial score (nSPS) is 15.8. The Labute approximate surface area is 112 Å². The predicted octanol–water partition coefficient (Wildman–Crippen LogP) is 2.12. The molecule has 0 radical (unpaired) electrons. The molecule has 0 aromatic carbocycles. The van der Waals surface area contributed by atoms with Gasteiger partial charge in [-0.25, -0.2) is 0 Å². The molecule has 1 aliphatic carbocycles. The van der Waals surface area contributed by atoms with E-state index in [1.165, 1.54) is 30.6 Å². The summed E-state index contributed by atoms with van der Waals surface area (Å²) >= 11 is 1.44. The largest absolute Gasteiger partial charge is 0.349 e.